The second kappa shape index (κ2) is 16.5. The molecule has 1 unspecified atom stereocenters. The summed E-state index contributed by atoms with van der Waals surface area (Å²) >= 11 is 0. The van der Waals surface area contributed by atoms with Crippen LogP contribution in [0.15, 0.2) is 24.3 Å². The number of amides is 1. The summed E-state index contributed by atoms with van der Waals surface area (Å²) in [5, 5.41) is 11.9. The molecule has 1 aromatic carbocycles. The first-order valence-electron chi connectivity index (χ1n) is 8.51. The second-order valence-electron chi connectivity index (χ2n) is 5.93. The predicted molar refractivity (Wildman–Crippen MR) is 90.2 cm³/mol. The summed E-state index contributed by atoms with van der Waals surface area (Å²) in [6.45, 7) is 1.46. The van der Waals surface area contributed by atoms with Crippen molar-refractivity contribution in [2.24, 2.45) is 0 Å². The Morgan fingerprint density at radius 1 is 1.22 bits per heavy atom. The van der Waals surface area contributed by atoms with Gasteiger partial charge in [0.15, 0.2) is 0 Å². The van der Waals surface area contributed by atoms with Crippen molar-refractivity contribution in [3.05, 3.63) is 35.4 Å². The molecule has 0 radical (unpaired) electrons. The minimum Gasteiger partial charge on any atom is -0.790 e. The Hall–Kier alpha value is 0.760. The Labute approximate surface area is 205 Å². The molecule has 0 spiro atoms. The van der Waals surface area contributed by atoms with Gasteiger partial charge in [-0.15, -0.1) is 0 Å². The van der Waals surface area contributed by atoms with Crippen LogP contribution >= 0.6 is 7.82 Å². The maximum atomic E-state index is 12.1. The third-order valence-corrected chi connectivity index (χ3v) is 4.24. The van der Waals surface area contributed by atoms with Gasteiger partial charge in [0.25, 0.3) is 0 Å². The molecule has 1 atom stereocenters. The van der Waals surface area contributed by atoms with Crippen LogP contribution in [0.5, 0.6) is 0 Å². The third kappa shape index (κ3) is 14.4. The average Bonchev–Trinajstić information content (AvgIpc) is 2.57. The molecule has 0 saturated heterocycles. The van der Waals surface area contributed by atoms with Gasteiger partial charge in [-0.1, -0.05) is 56.9 Å². The molecular formula is C17H26NNa2O6P. The van der Waals surface area contributed by atoms with E-state index in [4.69, 9.17) is 0 Å². The quantitative estimate of drug-likeness (QED) is 0.201. The summed E-state index contributed by atoms with van der Waals surface area (Å²) in [7, 11) is -5.14. The van der Waals surface area contributed by atoms with Gasteiger partial charge < -0.3 is 29.3 Å². The monoisotopic (exact) mass is 417 g/mol. The molecule has 10 heteroatoms. The fourth-order valence-corrected chi connectivity index (χ4v) is 2.78. The number of aliphatic hydroxyl groups excluding tert-OH is 1. The van der Waals surface area contributed by atoms with E-state index in [2.05, 4.69) is 16.8 Å². The second-order valence-corrected chi connectivity index (χ2v) is 7.08. The third-order valence-electron chi connectivity index (χ3n) is 3.78. The van der Waals surface area contributed by atoms with Gasteiger partial charge in [0.1, 0.15) is 0 Å². The Morgan fingerprint density at radius 2 is 1.89 bits per heavy atom. The van der Waals surface area contributed by atoms with Crippen LogP contribution in [0.2, 0.25) is 0 Å². The maximum Gasteiger partial charge on any atom is 1.00 e. The van der Waals surface area contributed by atoms with E-state index in [1.807, 2.05) is 0 Å². The van der Waals surface area contributed by atoms with Crippen molar-refractivity contribution >= 4 is 13.7 Å². The Bertz CT molecular complexity index is 584. The smallest absolute Gasteiger partial charge is 0.790 e. The van der Waals surface area contributed by atoms with E-state index < -0.39 is 20.5 Å². The molecule has 1 rings (SSSR count). The zero-order chi connectivity index (χ0) is 18.7. The van der Waals surface area contributed by atoms with E-state index in [1.165, 1.54) is 0 Å². The van der Waals surface area contributed by atoms with Crippen LogP contribution in [0.25, 0.3) is 0 Å². The summed E-state index contributed by atoms with van der Waals surface area (Å²) in [5.41, 5.74) is 1.18. The van der Waals surface area contributed by atoms with Gasteiger partial charge in [0.2, 0.25) is 5.91 Å². The number of unbranched alkanes of at least 4 members (excludes halogenated alkanes) is 4. The van der Waals surface area contributed by atoms with Gasteiger partial charge >= 0.3 is 59.1 Å². The molecule has 1 amide bonds. The number of hydrogen-bond acceptors (Lipinski definition) is 6. The summed E-state index contributed by atoms with van der Waals surface area (Å²) in [4.78, 5) is 33.6. The van der Waals surface area contributed by atoms with Gasteiger partial charge in [-0.05, 0) is 17.5 Å². The molecule has 0 aliphatic rings. The largest absolute Gasteiger partial charge is 1.00 e. The number of rotatable bonds is 12. The van der Waals surface area contributed by atoms with E-state index in [1.54, 1.807) is 24.3 Å². The molecule has 0 heterocycles. The normalized spacial score (nSPS) is 11.9. The average molecular weight is 417 g/mol. The summed E-state index contributed by atoms with van der Waals surface area (Å²) in [5.74, 6) is -0.230. The van der Waals surface area contributed by atoms with Crippen molar-refractivity contribution in [2.75, 3.05) is 6.61 Å². The molecule has 0 aliphatic heterocycles. The number of phosphoric acid groups is 1. The van der Waals surface area contributed by atoms with Gasteiger partial charge in [-0.2, -0.15) is 0 Å². The van der Waals surface area contributed by atoms with Crippen LogP contribution in [0.4, 0.5) is 0 Å². The van der Waals surface area contributed by atoms with Crippen molar-refractivity contribution in [3.63, 3.8) is 0 Å². The topological polar surface area (TPSA) is 122 Å². The molecule has 27 heavy (non-hydrogen) atoms. The summed E-state index contributed by atoms with van der Waals surface area (Å²) < 4.78 is 15.1. The standard InChI is InChI=1S/C17H28NO6P.2Na/c1-2-3-4-5-6-10-17(20)18-16(13-24-25(21,22)23)15-9-7-8-14(11-15)12-19;;/h7-9,11,16,19H,2-6,10,12-13H2,1H3,(H,18,20)(H2,21,22,23);;/q;2*+1/p-2. The predicted octanol–water partition coefficient (Wildman–Crippen LogP) is -4.45. The maximum absolute atomic E-state index is 12.1. The first-order valence-corrected chi connectivity index (χ1v) is 9.97. The van der Waals surface area contributed by atoms with Crippen LogP contribution in [-0.2, 0) is 20.5 Å². The van der Waals surface area contributed by atoms with Crippen molar-refractivity contribution in [2.45, 2.75) is 58.1 Å². The first kappa shape index (κ1) is 30.0. The number of hydrogen-bond donors (Lipinski definition) is 2. The fraction of sp³-hybridized carbons (Fsp3) is 0.588. The van der Waals surface area contributed by atoms with Crippen molar-refractivity contribution in [1.29, 1.82) is 0 Å². The Morgan fingerprint density at radius 3 is 2.48 bits per heavy atom. The van der Waals surface area contributed by atoms with E-state index in [0.717, 1.165) is 32.1 Å². The first-order chi connectivity index (χ1) is 11.9. The number of phosphoric ester groups is 1. The van der Waals surface area contributed by atoms with Crippen LogP contribution in [0, 0.1) is 0 Å². The molecule has 142 valence electrons. The van der Waals surface area contributed by atoms with Crippen molar-refractivity contribution in [1.82, 2.24) is 5.32 Å². The van der Waals surface area contributed by atoms with E-state index in [9.17, 15) is 24.3 Å². The summed E-state index contributed by atoms with van der Waals surface area (Å²) in [6.07, 6.45) is 5.36. The minimum absolute atomic E-state index is 0. The van der Waals surface area contributed by atoms with Crippen LogP contribution in [0.3, 0.4) is 0 Å². The molecule has 0 aromatic heterocycles. The molecule has 0 saturated carbocycles. The molecule has 0 aliphatic carbocycles. The number of nitrogens with one attached hydrogen (secondary N) is 1. The van der Waals surface area contributed by atoms with Crippen LogP contribution in [0.1, 0.15) is 62.6 Å². The minimum atomic E-state index is -5.14. The number of aliphatic hydroxyl groups is 1. The SMILES string of the molecule is CCCCCCCC(=O)NC(COP(=O)([O-])[O-])c1cccc(CO)c1.[Na+].[Na+]. The van der Waals surface area contributed by atoms with Gasteiger partial charge in [-0.25, -0.2) is 0 Å². The number of carbonyl (C=O) groups excluding carboxylic acids is 1. The van der Waals surface area contributed by atoms with Gasteiger partial charge in [0, 0.05) is 6.42 Å². The van der Waals surface area contributed by atoms with Crippen LogP contribution < -0.4 is 74.2 Å². The molecule has 1 aromatic rings. The molecular weight excluding hydrogens is 391 g/mol. The zero-order valence-electron chi connectivity index (χ0n) is 16.5. The molecule has 0 bridgehead atoms. The van der Waals surface area contributed by atoms with Crippen molar-refractivity contribution in [3.8, 4) is 0 Å². The van der Waals surface area contributed by atoms with E-state index in [0.29, 0.717) is 17.5 Å². The van der Waals surface area contributed by atoms with Gasteiger partial charge in [-0.3, -0.25) is 4.79 Å². The van der Waals surface area contributed by atoms with E-state index >= 15 is 0 Å². The zero-order valence-corrected chi connectivity index (χ0v) is 21.4. The Balaban J connectivity index is 0. The summed E-state index contributed by atoms with van der Waals surface area (Å²) in [6, 6.07) is 5.92. The van der Waals surface area contributed by atoms with Crippen LogP contribution in [-0.4, -0.2) is 17.6 Å². The molecule has 2 N–H and O–H groups in total. The Kier molecular flexibility index (Phi) is 18.4. The van der Waals surface area contributed by atoms with Gasteiger partial charge in [0.05, 0.1) is 27.1 Å². The van der Waals surface area contributed by atoms with E-state index in [-0.39, 0.29) is 71.6 Å². The molecule has 0 fully saturated rings. The molecule has 7 nitrogen and oxygen atoms in total. The fourth-order valence-electron chi connectivity index (χ4n) is 2.45. The number of benzene rings is 1. The number of carbonyl (C=O) groups is 1. The van der Waals surface area contributed by atoms with Crippen molar-refractivity contribution < 1.29 is 87.9 Å².